The molecule has 7 heteroatoms. The summed E-state index contributed by atoms with van der Waals surface area (Å²) in [5.41, 5.74) is 0.750. The summed E-state index contributed by atoms with van der Waals surface area (Å²) < 4.78 is 23.4. The number of sulfone groups is 1. The molecule has 116 valence electrons. The average Bonchev–Trinajstić information content (AvgIpc) is 2.38. The number of hydrogen-bond acceptors (Lipinski definition) is 4. The normalized spacial score (nSPS) is 11.1. The molecule has 1 rings (SSSR count). The van der Waals surface area contributed by atoms with E-state index in [9.17, 15) is 18.0 Å². The quantitative estimate of drug-likeness (QED) is 0.770. The van der Waals surface area contributed by atoms with E-state index in [-0.39, 0.29) is 12.3 Å². The molecule has 0 aliphatic carbocycles. The predicted octanol–water partition coefficient (Wildman–Crippen LogP) is 0.925. The number of nitrogens with zero attached hydrogens (tertiary/aromatic N) is 1. The van der Waals surface area contributed by atoms with Gasteiger partial charge in [0.2, 0.25) is 5.91 Å². The van der Waals surface area contributed by atoms with Gasteiger partial charge in [-0.1, -0.05) is 37.3 Å². The smallest absolute Gasteiger partial charge is 0.323 e. The van der Waals surface area contributed by atoms with E-state index in [0.29, 0.717) is 6.42 Å². The molecule has 0 fully saturated rings. The topological polar surface area (TPSA) is 91.8 Å². The molecule has 0 bridgehead atoms. The predicted molar refractivity (Wildman–Crippen MR) is 78.4 cm³/mol. The molecule has 0 aliphatic rings. The van der Waals surface area contributed by atoms with Gasteiger partial charge in [-0.05, 0) is 12.0 Å². The lowest BCUT2D eigenvalue weighted by Crippen LogP contribution is -2.39. The molecule has 6 nitrogen and oxygen atoms in total. The lowest BCUT2D eigenvalue weighted by molar-refractivity contribution is -0.143. The number of aliphatic carboxylic acids is 1. The molecular weight excluding hydrogens is 294 g/mol. The standard InChI is InChI=1S/C14H19NO5S/c1-2-8-21(19,20)11-13(16)15(10-14(17)18)9-12-6-4-3-5-7-12/h3-7H,2,8-11H2,1H3,(H,17,18). The molecule has 21 heavy (non-hydrogen) atoms. The Balaban J connectivity index is 2.82. The van der Waals surface area contributed by atoms with Crippen molar-refractivity contribution in [3.63, 3.8) is 0 Å². The van der Waals surface area contributed by atoms with E-state index in [1.54, 1.807) is 37.3 Å². The summed E-state index contributed by atoms with van der Waals surface area (Å²) in [4.78, 5) is 24.0. The van der Waals surface area contributed by atoms with E-state index < -0.39 is 34.0 Å². The second-order valence-electron chi connectivity index (χ2n) is 4.72. The average molecular weight is 313 g/mol. The minimum Gasteiger partial charge on any atom is -0.480 e. The number of hydrogen-bond donors (Lipinski definition) is 1. The van der Waals surface area contributed by atoms with Crippen LogP contribution in [0.3, 0.4) is 0 Å². The maximum atomic E-state index is 12.1. The molecule has 1 amide bonds. The van der Waals surface area contributed by atoms with Crippen LogP contribution in [0.25, 0.3) is 0 Å². The van der Waals surface area contributed by atoms with Crippen molar-refractivity contribution in [3.05, 3.63) is 35.9 Å². The third kappa shape index (κ3) is 6.40. The SMILES string of the molecule is CCCS(=O)(=O)CC(=O)N(CC(=O)O)Cc1ccccc1. The molecule has 0 spiro atoms. The van der Waals surface area contributed by atoms with E-state index in [1.807, 2.05) is 0 Å². The summed E-state index contributed by atoms with van der Waals surface area (Å²) in [6, 6.07) is 8.85. The number of amides is 1. The number of benzene rings is 1. The first-order valence-corrected chi connectivity index (χ1v) is 8.40. The van der Waals surface area contributed by atoms with E-state index in [1.165, 1.54) is 0 Å². The van der Waals surface area contributed by atoms with Gasteiger partial charge in [0.25, 0.3) is 0 Å². The fourth-order valence-corrected chi connectivity index (χ4v) is 3.19. The number of carbonyl (C=O) groups is 2. The molecule has 0 saturated heterocycles. The summed E-state index contributed by atoms with van der Waals surface area (Å²) in [5.74, 6) is -2.59. The zero-order valence-electron chi connectivity index (χ0n) is 11.9. The van der Waals surface area contributed by atoms with Gasteiger partial charge in [0.05, 0.1) is 5.75 Å². The second-order valence-corrected chi connectivity index (χ2v) is 6.91. The van der Waals surface area contributed by atoms with Crippen LogP contribution in [0.1, 0.15) is 18.9 Å². The summed E-state index contributed by atoms with van der Waals surface area (Å²) in [6.45, 7) is 1.27. The lowest BCUT2D eigenvalue weighted by atomic mass is 10.2. The van der Waals surface area contributed by atoms with Crippen LogP contribution in [-0.4, -0.2) is 48.4 Å². The fourth-order valence-electron chi connectivity index (χ4n) is 1.86. The molecular formula is C14H19NO5S. The minimum absolute atomic E-state index is 0.0770. The largest absolute Gasteiger partial charge is 0.480 e. The van der Waals surface area contributed by atoms with Crippen molar-refractivity contribution < 1.29 is 23.1 Å². The molecule has 0 unspecified atom stereocenters. The Bertz CT molecular complexity index is 583. The molecule has 0 aliphatic heterocycles. The van der Waals surface area contributed by atoms with Crippen LogP contribution in [-0.2, 0) is 26.0 Å². The molecule has 0 radical (unpaired) electrons. The van der Waals surface area contributed by atoms with Crippen molar-refractivity contribution in [3.8, 4) is 0 Å². The van der Waals surface area contributed by atoms with Crippen LogP contribution in [0.5, 0.6) is 0 Å². The number of carbonyl (C=O) groups excluding carboxylic acids is 1. The van der Waals surface area contributed by atoms with Gasteiger partial charge < -0.3 is 10.0 Å². The van der Waals surface area contributed by atoms with Crippen LogP contribution < -0.4 is 0 Å². The van der Waals surface area contributed by atoms with Crippen molar-refractivity contribution in [1.82, 2.24) is 4.90 Å². The van der Waals surface area contributed by atoms with E-state index in [2.05, 4.69) is 0 Å². The van der Waals surface area contributed by atoms with Gasteiger partial charge in [-0.2, -0.15) is 0 Å². The number of rotatable bonds is 8. The molecule has 1 aromatic carbocycles. The Labute approximate surface area is 124 Å². The Hall–Kier alpha value is -1.89. The summed E-state index contributed by atoms with van der Waals surface area (Å²) in [6.07, 6.45) is 0.424. The van der Waals surface area contributed by atoms with Crippen LogP contribution in [0.15, 0.2) is 30.3 Å². The van der Waals surface area contributed by atoms with E-state index >= 15 is 0 Å². The highest BCUT2D eigenvalue weighted by Gasteiger charge is 2.23. The monoisotopic (exact) mass is 313 g/mol. The first kappa shape index (κ1) is 17.2. The number of carboxylic acid groups (broad SMARTS) is 1. The maximum Gasteiger partial charge on any atom is 0.323 e. The summed E-state index contributed by atoms with van der Waals surface area (Å²) in [7, 11) is -3.49. The lowest BCUT2D eigenvalue weighted by Gasteiger charge is -2.20. The van der Waals surface area contributed by atoms with Gasteiger partial charge in [-0.3, -0.25) is 9.59 Å². The van der Waals surface area contributed by atoms with Crippen LogP contribution in [0, 0.1) is 0 Å². The molecule has 0 saturated carbocycles. The second kappa shape index (κ2) is 7.78. The minimum atomic E-state index is -3.49. The Morgan fingerprint density at radius 3 is 2.33 bits per heavy atom. The first-order chi connectivity index (χ1) is 9.84. The zero-order chi connectivity index (χ0) is 15.9. The van der Waals surface area contributed by atoms with Crippen LogP contribution in [0.4, 0.5) is 0 Å². The van der Waals surface area contributed by atoms with E-state index in [0.717, 1.165) is 10.5 Å². The van der Waals surface area contributed by atoms with Gasteiger partial charge in [-0.25, -0.2) is 8.42 Å². The highest BCUT2D eigenvalue weighted by atomic mass is 32.2. The Morgan fingerprint density at radius 1 is 1.19 bits per heavy atom. The van der Waals surface area contributed by atoms with Crippen molar-refractivity contribution in [2.45, 2.75) is 19.9 Å². The Morgan fingerprint density at radius 2 is 1.81 bits per heavy atom. The van der Waals surface area contributed by atoms with Crippen molar-refractivity contribution >= 4 is 21.7 Å². The van der Waals surface area contributed by atoms with Gasteiger partial charge in [0.1, 0.15) is 12.3 Å². The highest BCUT2D eigenvalue weighted by molar-refractivity contribution is 7.92. The third-order valence-electron chi connectivity index (χ3n) is 2.75. The third-order valence-corrected chi connectivity index (χ3v) is 4.47. The van der Waals surface area contributed by atoms with E-state index in [4.69, 9.17) is 5.11 Å². The highest BCUT2D eigenvalue weighted by Crippen LogP contribution is 2.06. The van der Waals surface area contributed by atoms with Gasteiger partial charge in [0.15, 0.2) is 9.84 Å². The molecule has 1 aromatic rings. The molecule has 0 atom stereocenters. The maximum absolute atomic E-state index is 12.1. The van der Waals surface area contributed by atoms with Gasteiger partial charge >= 0.3 is 5.97 Å². The van der Waals surface area contributed by atoms with Crippen LogP contribution in [0.2, 0.25) is 0 Å². The summed E-state index contributed by atoms with van der Waals surface area (Å²) >= 11 is 0. The van der Waals surface area contributed by atoms with Crippen molar-refractivity contribution in [1.29, 1.82) is 0 Å². The molecule has 0 aromatic heterocycles. The number of carboxylic acids is 1. The fraction of sp³-hybridized carbons (Fsp3) is 0.429. The zero-order valence-corrected chi connectivity index (χ0v) is 12.7. The molecule has 1 N–H and O–H groups in total. The summed E-state index contributed by atoms with van der Waals surface area (Å²) in [5, 5.41) is 8.87. The van der Waals surface area contributed by atoms with Crippen molar-refractivity contribution in [2.75, 3.05) is 18.1 Å². The first-order valence-electron chi connectivity index (χ1n) is 6.58. The Kier molecular flexibility index (Phi) is 6.36. The van der Waals surface area contributed by atoms with Gasteiger partial charge in [0, 0.05) is 6.54 Å². The van der Waals surface area contributed by atoms with Gasteiger partial charge in [-0.15, -0.1) is 0 Å². The van der Waals surface area contributed by atoms with Crippen molar-refractivity contribution in [2.24, 2.45) is 0 Å². The molecule has 0 heterocycles. The van der Waals surface area contributed by atoms with Crippen LogP contribution >= 0.6 is 0 Å².